The lowest BCUT2D eigenvalue weighted by molar-refractivity contribution is 1.21. The molecule has 0 aromatic rings. The van der Waals surface area contributed by atoms with Crippen molar-refractivity contribution in [3.8, 4) is 0 Å². The van der Waals surface area contributed by atoms with Crippen molar-refractivity contribution in [2.75, 3.05) is 0 Å². The maximum Gasteiger partial charge on any atom is 0.0631 e. The smallest absolute Gasteiger partial charge is 0.0631 e. The second-order valence-corrected chi connectivity index (χ2v) is 7.64. The molecule has 0 aliphatic carbocycles. The maximum atomic E-state index is 3.73. The molecular weight excluding hydrogens is 156 g/mol. The van der Waals surface area contributed by atoms with E-state index in [0.29, 0.717) is 0 Å². The molecule has 0 amide bonds. The summed E-state index contributed by atoms with van der Waals surface area (Å²) in [4.78, 5) is 0.845. The summed E-state index contributed by atoms with van der Waals surface area (Å²) in [6, 6.07) is 2.78. The van der Waals surface area contributed by atoms with E-state index in [9.17, 15) is 0 Å². The molecule has 0 N–H and O–H groups in total. The summed E-state index contributed by atoms with van der Waals surface area (Å²) in [5.41, 5.74) is 0. The van der Waals surface area contributed by atoms with E-state index in [-0.39, 0.29) is 8.80 Å². The van der Waals surface area contributed by atoms with Crippen LogP contribution in [-0.4, -0.2) is 13.7 Å². The average Bonchev–Trinajstić information content (AvgIpc) is 1.91. The summed E-state index contributed by atoms with van der Waals surface area (Å²) in [5, 5.41) is 1.97. The molecule has 0 rings (SSSR count). The van der Waals surface area contributed by atoms with Gasteiger partial charge in [-0.3, -0.25) is 0 Å². The van der Waals surface area contributed by atoms with Gasteiger partial charge in [0.15, 0.2) is 0 Å². The molecule has 0 aromatic carbocycles. The van der Waals surface area contributed by atoms with Crippen LogP contribution in [0.5, 0.6) is 0 Å². The van der Waals surface area contributed by atoms with Crippen molar-refractivity contribution >= 4 is 20.6 Å². The molecule has 0 aliphatic rings. The molecule has 1 radical (unpaired) electrons. The van der Waals surface area contributed by atoms with Gasteiger partial charge >= 0.3 is 0 Å². The Bertz CT molecular complexity index is 89.3. The van der Waals surface area contributed by atoms with Gasteiger partial charge in [0.25, 0.3) is 0 Å². The average molecular weight is 173 g/mol. The van der Waals surface area contributed by atoms with Crippen LogP contribution < -0.4 is 0 Å². The van der Waals surface area contributed by atoms with Crippen LogP contribution in [0.4, 0.5) is 0 Å². The fourth-order valence-corrected chi connectivity index (χ4v) is 5.06. The van der Waals surface area contributed by atoms with E-state index in [2.05, 4.69) is 27.4 Å². The molecule has 0 spiro atoms. The Morgan fingerprint density at radius 2 is 2.00 bits per heavy atom. The van der Waals surface area contributed by atoms with Crippen molar-refractivity contribution in [2.24, 2.45) is 0 Å². The van der Waals surface area contributed by atoms with E-state index in [1.807, 2.05) is 17.2 Å². The molecule has 0 aromatic heterocycles. The molecule has 59 valence electrons. The first kappa shape index (κ1) is 10.3. The minimum absolute atomic E-state index is 0.0719. The Labute approximate surface area is 70.7 Å². The van der Waals surface area contributed by atoms with Crippen LogP contribution in [-0.2, 0) is 0 Å². The van der Waals surface area contributed by atoms with Crippen molar-refractivity contribution in [2.45, 2.75) is 37.7 Å². The first-order valence-electron chi connectivity index (χ1n) is 3.87. The van der Waals surface area contributed by atoms with E-state index in [1.54, 1.807) is 0 Å². The summed E-state index contributed by atoms with van der Waals surface area (Å²) in [5.74, 6) is 0. The van der Waals surface area contributed by atoms with Gasteiger partial charge in [0, 0.05) is 0 Å². The van der Waals surface area contributed by atoms with Crippen LogP contribution in [0.15, 0.2) is 12.0 Å². The van der Waals surface area contributed by atoms with E-state index in [4.69, 9.17) is 0 Å². The summed E-state index contributed by atoms with van der Waals surface area (Å²) in [6.45, 7) is 10.7. The van der Waals surface area contributed by atoms with Gasteiger partial charge in [-0.25, -0.2) is 0 Å². The third-order valence-electron chi connectivity index (χ3n) is 1.78. The highest BCUT2D eigenvalue weighted by molar-refractivity contribution is 8.04. The summed E-state index contributed by atoms with van der Waals surface area (Å²) < 4.78 is 0. The normalized spacial score (nSPS) is 13.6. The van der Waals surface area contributed by atoms with Gasteiger partial charge in [-0.2, -0.15) is 0 Å². The molecular formula is C8H17SSi. The van der Waals surface area contributed by atoms with Gasteiger partial charge in [-0.15, -0.1) is 11.8 Å². The third-order valence-corrected chi connectivity index (χ3v) is 6.76. The van der Waals surface area contributed by atoms with Gasteiger partial charge < -0.3 is 0 Å². The second-order valence-electron chi connectivity index (χ2n) is 2.31. The van der Waals surface area contributed by atoms with Crippen LogP contribution in [0.1, 0.15) is 20.8 Å². The van der Waals surface area contributed by atoms with Crippen LogP contribution in [0.3, 0.4) is 0 Å². The van der Waals surface area contributed by atoms with Crippen LogP contribution in [0, 0.1) is 0 Å². The molecule has 0 saturated carbocycles. The Hall–Kier alpha value is 0.307. The first-order valence-corrected chi connectivity index (χ1v) is 6.80. The molecule has 0 saturated heterocycles. The summed E-state index contributed by atoms with van der Waals surface area (Å²) >= 11 is 1.90. The zero-order valence-electron chi connectivity index (χ0n) is 7.18. The minimum Gasteiger partial charge on any atom is -0.135 e. The van der Waals surface area contributed by atoms with Crippen LogP contribution in [0.25, 0.3) is 0 Å². The summed E-state index contributed by atoms with van der Waals surface area (Å²) in [7, 11) is -0.0719. The monoisotopic (exact) mass is 173 g/mol. The van der Waals surface area contributed by atoms with Gasteiger partial charge in [0.2, 0.25) is 0 Å². The van der Waals surface area contributed by atoms with Crippen LogP contribution >= 0.6 is 11.8 Å². The summed E-state index contributed by atoms with van der Waals surface area (Å²) in [6.07, 6.45) is 0. The molecule has 1 unspecified atom stereocenters. The van der Waals surface area contributed by atoms with Crippen LogP contribution in [0.2, 0.25) is 12.1 Å². The Morgan fingerprint density at radius 1 is 1.50 bits per heavy atom. The Kier molecular flexibility index (Phi) is 6.23. The van der Waals surface area contributed by atoms with Crippen molar-refractivity contribution in [3.05, 3.63) is 12.0 Å². The van der Waals surface area contributed by atoms with E-state index < -0.39 is 0 Å². The standard InChI is InChI=1S/C8H17SSi/c1-5-9-8(4)10(6-2)7-3/h5,8H,1,6-7H2,2-4H3. The lowest BCUT2D eigenvalue weighted by Gasteiger charge is -2.16. The predicted octanol–water partition coefficient (Wildman–Crippen LogP) is 3.33. The fourth-order valence-electron chi connectivity index (χ4n) is 1.07. The van der Waals surface area contributed by atoms with Crippen molar-refractivity contribution in [3.63, 3.8) is 0 Å². The highest BCUT2D eigenvalue weighted by atomic mass is 32.2. The van der Waals surface area contributed by atoms with Gasteiger partial charge in [0.1, 0.15) is 0 Å². The van der Waals surface area contributed by atoms with E-state index in [0.717, 1.165) is 4.87 Å². The molecule has 2 heteroatoms. The second kappa shape index (κ2) is 6.05. The first-order chi connectivity index (χ1) is 4.76. The lowest BCUT2D eigenvalue weighted by atomic mass is 10.9. The largest absolute Gasteiger partial charge is 0.135 e. The molecule has 0 aliphatic heterocycles. The number of hydrogen-bond donors (Lipinski definition) is 0. The van der Waals surface area contributed by atoms with Crippen molar-refractivity contribution in [1.82, 2.24) is 0 Å². The van der Waals surface area contributed by atoms with Gasteiger partial charge in [-0.05, 0) is 10.3 Å². The number of thioether (sulfide) groups is 1. The SMILES string of the molecule is C=CSC(C)[Si](CC)CC. The third kappa shape index (κ3) is 3.47. The zero-order chi connectivity index (χ0) is 7.98. The van der Waals surface area contributed by atoms with Gasteiger partial charge in [0.05, 0.1) is 8.80 Å². The molecule has 0 fully saturated rings. The highest BCUT2D eigenvalue weighted by Crippen LogP contribution is 2.18. The maximum absolute atomic E-state index is 3.73. The van der Waals surface area contributed by atoms with E-state index >= 15 is 0 Å². The molecule has 0 bridgehead atoms. The van der Waals surface area contributed by atoms with Crippen molar-refractivity contribution in [1.29, 1.82) is 0 Å². The Balaban J connectivity index is 3.63. The van der Waals surface area contributed by atoms with Gasteiger partial charge in [-0.1, -0.05) is 39.4 Å². The molecule has 0 nitrogen and oxygen atoms in total. The quantitative estimate of drug-likeness (QED) is 0.575. The predicted molar refractivity (Wildman–Crippen MR) is 54.0 cm³/mol. The highest BCUT2D eigenvalue weighted by Gasteiger charge is 2.13. The van der Waals surface area contributed by atoms with Crippen molar-refractivity contribution < 1.29 is 0 Å². The number of hydrogen-bond acceptors (Lipinski definition) is 1. The van der Waals surface area contributed by atoms with E-state index in [1.165, 1.54) is 12.1 Å². The molecule has 0 heterocycles. The zero-order valence-corrected chi connectivity index (χ0v) is 9.00. The lowest BCUT2D eigenvalue weighted by Crippen LogP contribution is -2.22. The molecule has 10 heavy (non-hydrogen) atoms. The molecule has 1 atom stereocenters. The minimum atomic E-state index is -0.0719. The Morgan fingerprint density at radius 3 is 2.30 bits per heavy atom. The fraction of sp³-hybridized carbons (Fsp3) is 0.750. The topological polar surface area (TPSA) is 0 Å². The number of rotatable bonds is 5.